The van der Waals surface area contributed by atoms with E-state index in [1.807, 2.05) is 0 Å². The van der Waals surface area contributed by atoms with Crippen molar-refractivity contribution in [2.45, 2.75) is 24.5 Å². The van der Waals surface area contributed by atoms with Crippen LogP contribution in [0.25, 0.3) is 4.47 Å². The Kier molecular flexibility index (Phi) is 6.30. The first kappa shape index (κ1) is 12.1. The van der Waals surface area contributed by atoms with Gasteiger partial charge in [0, 0.05) is 0 Å². The van der Waals surface area contributed by atoms with Crippen molar-refractivity contribution in [3.8, 4) is 0 Å². The second-order valence-corrected chi connectivity index (χ2v) is 7.88. The molecule has 0 aliphatic rings. The van der Waals surface area contributed by atoms with Gasteiger partial charge in [-0.15, -0.1) is 0 Å². The van der Waals surface area contributed by atoms with Crippen molar-refractivity contribution >= 4 is 34.4 Å². The predicted octanol–water partition coefficient (Wildman–Crippen LogP) is 3.27. The molecule has 0 spiro atoms. The fraction of sp³-hybridized carbons (Fsp3) is 0.333. The third-order valence-electron chi connectivity index (χ3n) is 1.72. The van der Waals surface area contributed by atoms with Crippen LogP contribution >= 0.6 is 0 Å². The SMILES string of the molecule is CC[Se]/C=C(/[Se]CC)c1ccccc1. The molecule has 0 aliphatic heterocycles. The molecule has 0 saturated carbocycles. The first-order chi connectivity index (χ1) is 6.88. The molecule has 0 nitrogen and oxygen atoms in total. The number of hydrogen-bond acceptors (Lipinski definition) is 0. The summed E-state index contributed by atoms with van der Waals surface area (Å²) in [6.07, 6.45) is 0. The summed E-state index contributed by atoms with van der Waals surface area (Å²) in [6, 6.07) is 10.8. The molecule has 0 saturated heterocycles. The first-order valence-electron chi connectivity index (χ1n) is 4.88. The van der Waals surface area contributed by atoms with E-state index in [0.29, 0.717) is 29.9 Å². The summed E-state index contributed by atoms with van der Waals surface area (Å²) in [5, 5.41) is 2.61. The van der Waals surface area contributed by atoms with Gasteiger partial charge in [0.25, 0.3) is 0 Å². The van der Waals surface area contributed by atoms with Crippen molar-refractivity contribution in [3.05, 3.63) is 40.9 Å². The summed E-state index contributed by atoms with van der Waals surface area (Å²) in [6.45, 7) is 4.54. The average molecular weight is 318 g/mol. The normalized spacial score (nSPS) is 11.7. The summed E-state index contributed by atoms with van der Waals surface area (Å²) in [4.78, 5) is 2.48. The topological polar surface area (TPSA) is 0 Å². The molecule has 0 N–H and O–H groups in total. The van der Waals surface area contributed by atoms with E-state index in [2.05, 4.69) is 49.2 Å². The van der Waals surface area contributed by atoms with Crippen LogP contribution in [0.15, 0.2) is 35.3 Å². The van der Waals surface area contributed by atoms with E-state index < -0.39 is 0 Å². The zero-order valence-electron chi connectivity index (χ0n) is 8.69. The van der Waals surface area contributed by atoms with Crippen LogP contribution in [0, 0.1) is 0 Å². The minimum absolute atomic E-state index is 0.665. The fourth-order valence-corrected chi connectivity index (χ4v) is 4.97. The van der Waals surface area contributed by atoms with Crippen LogP contribution < -0.4 is 0 Å². The summed E-state index contributed by atoms with van der Waals surface area (Å²) in [7, 11) is 0. The van der Waals surface area contributed by atoms with Gasteiger partial charge in [-0.1, -0.05) is 0 Å². The standard InChI is InChI=1S/C12H16Se2/c1-3-13-10-12(14-4-2)11-8-6-5-7-9-11/h5-10H,3-4H2,1-2H3/b12-10+. The molecule has 2 heteroatoms. The van der Waals surface area contributed by atoms with Gasteiger partial charge in [0.1, 0.15) is 0 Å². The number of benzene rings is 1. The molecule has 0 atom stereocenters. The van der Waals surface area contributed by atoms with E-state index in [9.17, 15) is 0 Å². The van der Waals surface area contributed by atoms with Crippen molar-refractivity contribution in [2.75, 3.05) is 0 Å². The molecule has 1 aromatic carbocycles. The Balaban J connectivity index is 2.77. The Bertz CT molecular complexity index is 278. The van der Waals surface area contributed by atoms with Crippen LogP contribution in [0.5, 0.6) is 0 Å². The maximum atomic E-state index is 2.48. The molecule has 1 rings (SSSR count). The monoisotopic (exact) mass is 320 g/mol. The van der Waals surface area contributed by atoms with Gasteiger partial charge in [0.15, 0.2) is 0 Å². The third kappa shape index (κ3) is 4.02. The maximum absolute atomic E-state index is 2.48. The van der Waals surface area contributed by atoms with Crippen molar-refractivity contribution < 1.29 is 0 Å². The second-order valence-electron chi connectivity index (χ2n) is 2.74. The Morgan fingerprint density at radius 1 is 1.14 bits per heavy atom. The van der Waals surface area contributed by atoms with Crippen LogP contribution in [-0.4, -0.2) is 29.9 Å². The van der Waals surface area contributed by atoms with Gasteiger partial charge in [-0.2, -0.15) is 0 Å². The molecular formula is C12H16Se2. The van der Waals surface area contributed by atoms with E-state index >= 15 is 0 Å². The van der Waals surface area contributed by atoms with Gasteiger partial charge in [0.2, 0.25) is 0 Å². The van der Waals surface area contributed by atoms with E-state index in [1.165, 1.54) is 16.2 Å². The number of hydrogen-bond donors (Lipinski definition) is 0. The predicted molar refractivity (Wildman–Crippen MR) is 66.9 cm³/mol. The van der Waals surface area contributed by atoms with Crippen LogP contribution in [0.3, 0.4) is 0 Å². The van der Waals surface area contributed by atoms with Crippen molar-refractivity contribution in [1.82, 2.24) is 0 Å². The van der Waals surface area contributed by atoms with E-state index in [-0.39, 0.29) is 0 Å². The molecule has 0 aromatic heterocycles. The van der Waals surface area contributed by atoms with Crippen molar-refractivity contribution in [3.63, 3.8) is 0 Å². The second kappa shape index (κ2) is 7.31. The van der Waals surface area contributed by atoms with Crippen LogP contribution in [0.4, 0.5) is 0 Å². The Morgan fingerprint density at radius 2 is 1.86 bits per heavy atom. The first-order valence-corrected chi connectivity index (χ1v) is 9.15. The van der Waals surface area contributed by atoms with Crippen molar-refractivity contribution in [1.29, 1.82) is 0 Å². The molecule has 0 amide bonds. The minimum atomic E-state index is 0.665. The van der Waals surface area contributed by atoms with Gasteiger partial charge >= 0.3 is 99.7 Å². The van der Waals surface area contributed by atoms with Crippen LogP contribution in [0.1, 0.15) is 19.4 Å². The number of rotatable bonds is 5. The zero-order valence-corrected chi connectivity index (χ0v) is 12.1. The third-order valence-corrected chi connectivity index (χ3v) is 6.02. The summed E-state index contributed by atoms with van der Waals surface area (Å²) in [5.74, 6) is 0. The summed E-state index contributed by atoms with van der Waals surface area (Å²) < 4.78 is 1.60. The quantitative estimate of drug-likeness (QED) is 0.731. The molecular weight excluding hydrogens is 302 g/mol. The van der Waals surface area contributed by atoms with E-state index in [1.54, 1.807) is 4.47 Å². The van der Waals surface area contributed by atoms with E-state index in [0.717, 1.165) is 0 Å². The molecule has 1 aromatic rings. The molecule has 0 fully saturated rings. The summed E-state index contributed by atoms with van der Waals surface area (Å²) in [5.41, 5.74) is 1.43. The molecule has 0 bridgehead atoms. The summed E-state index contributed by atoms with van der Waals surface area (Å²) >= 11 is 1.36. The van der Waals surface area contributed by atoms with Gasteiger partial charge in [0.05, 0.1) is 0 Å². The molecule has 0 unspecified atom stereocenters. The van der Waals surface area contributed by atoms with Crippen LogP contribution in [-0.2, 0) is 0 Å². The molecule has 76 valence electrons. The Labute approximate surface area is 99.5 Å². The van der Waals surface area contributed by atoms with Gasteiger partial charge in [-0.25, -0.2) is 0 Å². The fourth-order valence-electron chi connectivity index (χ4n) is 1.10. The molecule has 0 aliphatic carbocycles. The zero-order chi connectivity index (χ0) is 10.2. The Morgan fingerprint density at radius 3 is 2.43 bits per heavy atom. The molecule has 14 heavy (non-hydrogen) atoms. The Hall–Kier alpha value is -0.00104. The molecule has 0 heterocycles. The van der Waals surface area contributed by atoms with Gasteiger partial charge in [-0.05, 0) is 0 Å². The molecule has 0 radical (unpaired) electrons. The average Bonchev–Trinajstić information content (AvgIpc) is 2.25. The van der Waals surface area contributed by atoms with Gasteiger partial charge < -0.3 is 0 Å². The van der Waals surface area contributed by atoms with Gasteiger partial charge in [-0.3, -0.25) is 0 Å². The van der Waals surface area contributed by atoms with E-state index in [4.69, 9.17) is 0 Å². The van der Waals surface area contributed by atoms with Crippen molar-refractivity contribution in [2.24, 2.45) is 0 Å². The van der Waals surface area contributed by atoms with Crippen LogP contribution in [0.2, 0.25) is 10.6 Å².